The first-order valence-electron chi connectivity index (χ1n) is 11.7. The standard InChI is InChI=1S/C26H32N4O2S/c1-4-5-6-7-8-11-16-30-25(27)24(33(31,32)20-15-14-18(2)19(3)17-20)23-26(30)29-22-13-10-9-12-21(22)28-23/h9-10,12-15,17H,4-8,11,16,27H2,1-3H3. The topological polar surface area (TPSA) is 90.9 Å². The van der Waals surface area contributed by atoms with Crippen molar-refractivity contribution in [3.05, 3.63) is 53.6 Å². The molecule has 2 heterocycles. The summed E-state index contributed by atoms with van der Waals surface area (Å²) in [6.45, 7) is 6.69. The van der Waals surface area contributed by atoms with Crippen molar-refractivity contribution in [1.29, 1.82) is 0 Å². The molecule has 4 rings (SSSR count). The molecule has 7 heteroatoms. The van der Waals surface area contributed by atoms with Gasteiger partial charge in [-0.3, -0.25) is 0 Å². The van der Waals surface area contributed by atoms with Crippen molar-refractivity contribution in [1.82, 2.24) is 14.5 Å². The van der Waals surface area contributed by atoms with Crippen LogP contribution < -0.4 is 5.73 Å². The molecule has 0 saturated carbocycles. The Morgan fingerprint density at radius 2 is 1.55 bits per heavy atom. The van der Waals surface area contributed by atoms with E-state index in [9.17, 15) is 8.42 Å². The summed E-state index contributed by atoms with van der Waals surface area (Å²) in [5.41, 5.74) is 10.7. The van der Waals surface area contributed by atoms with E-state index in [0.29, 0.717) is 23.2 Å². The molecular weight excluding hydrogens is 432 g/mol. The number of hydrogen-bond donors (Lipinski definition) is 1. The normalized spacial score (nSPS) is 12.1. The molecule has 2 aromatic carbocycles. The Morgan fingerprint density at radius 3 is 2.24 bits per heavy atom. The average Bonchev–Trinajstić information content (AvgIpc) is 3.07. The van der Waals surface area contributed by atoms with Gasteiger partial charge < -0.3 is 10.3 Å². The van der Waals surface area contributed by atoms with Gasteiger partial charge in [-0.1, -0.05) is 57.2 Å². The quantitative estimate of drug-likeness (QED) is 0.308. The van der Waals surface area contributed by atoms with Crippen molar-refractivity contribution in [3.63, 3.8) is 0 Å². The van der Waals surface area contributed by atoms with Gasteiger partial charge in [-0.2, -0.15) is 0 Å². The highest BCUT2D eigenvalue weighted by Crippen LogP contribution is 2.36. The van der Waals surface area contributed by atoms with E-state index in [0.717, 1.165) is 35.9 Å². The largest absolute Gasteiger partial charge is 0.384 e. The summed E-state index contributed by atoms with van der Waals surface area (Å²) in [4.78, 5) is 9.79. The van der Waals surface area contributed by atoms with Gasteiger partial charge >= 0.3 is 0 Å². The van der Waals surface area contributed by atoms with Crippen LogP contribution in [0.25, 0.3) is 22.2 Å². The minimum atomic E-state index is -3.87. The van der Waals surface area contributed by atoms with Crippen molar-refractivity contribution in [2.24, 2.45) is 0 Å². The molecule has 0 bridgehead atoms. The number of aryl methyl sites for hydroxylation is 3. The molecule has 0 radical (unpaired) electrons. The first-order valence-corrected chi connectivity index (χ1v) is 13.2. The van der Waals surface area contributed by atoms with E-state index >= 15 is 0 Å². The minimum absolute atomic E-state index is 0.0602. The van der Waals surface area contributed by atoms with Crippen molar-refractivity contribution < 1.29 is 8.42 Å². The Balaban J connectivity index is 1.83. The maximum absolute atomic E-state index is 13.8. The second kappa shape index (κ2) is 9.51. The third-order valence-electron chi connectivity index (χ3n) is 6.34. The highest BCUT2D eigenvalue weighted by molar-refractivity contribution is 7.92. The van der Waals surface area contributed by atoms with E-state index in [1.807, 2.05) is 48.7 Å². The van der Waals surface area contributed by atoms with E-state index in [1.165, 1.54) is 19.3 Å². The summed E-state index contributed by atoms with van der Waals surface area (Å²) in [5, 5.41) is 0. The molecule has 4 aromatic rings. The number of unbranched alkanes of at least 4 members (excludes halogenated alkanes) is 5. The van der Waals surface area contributed by atoms with Crippen molar-refractivity contribution in [2.75, 3.05) is 5.73 Å². The Labute approximate surface area is 195 Å². The SMILES string of the molecule is CCCCCCCCn1c(N)c(S(=O)(=O)c2ccc(C)c(C)c2)c2nc3ccccc3nc21. The van der Waals surface area contributed by atoms with Gasteiger partial charge in [0.05, 0.1) is 15.9 Å². The Bertz CT molecular complexity index is 1410. The lowest BCUT2D eigenvalue weighted by atomic mass is 10.1. The molecule has 33 heavy (non-hydrogen) atoms. The zero-order valence-electron chi connectivity index (χ0n) is 19.6. The summed E-state index contributed by atoms with van der Waals surface area (Å²) < 4.78 is 29.4. The Kier molecular flexibility index (Phi) is 6.70. The summed E-state index contributed by atoms with van der Waals surface area (Å²) in [5.74, 6) is 0.215. The lowest BCUT2D eigenvalue weighted by molar-refractivity contribution is 0.565. The second-order valence-corrected chi connectivity index (χ2v) is 10.7. The van der Waals surface area contributed by atoms with Crippen LogP contribution in [0.5, 0.6) is 0 Å². The van der Waals surface area contributed by atoms with Crippen LogP contribution in [0.1, 0.15) is 56.6 Å². The summed E-state index contributed by atoms with van der Waals surface area (Å²) in [6.07, 6.45) is 6.81. The van der Waals surface area contributed by atoms with Crippen molar-refractivity contribution >= 4 is 37.9 Å². The molecule has 0 aliphatic carbocycles. The van der Waals surface area contributed by atoms with E-state index in [4.69, 9.17) is 15.7 Å². The van der Waals surface area contributed by atoms with Crippen LogP contribution in [0, 0.1) is 13.8 Å². The van der Waals surface area contributed by atoms with E-state index in [1.54, 1.807) is 12.1 Å². The number of nitrogens with zero attached hydrogens (tertiary/aromatic N) is 3. The van der Waals surface area contributed by atoms with Crippen LogP contribution in [0.3, 0.4) is 0 Å². The van der Waals surface area contributed by atoms with Crippen LogP contribution in [-0.2, 0) is 16.4 Å². The predicted molar refractivity (Wildman–Crippen MR) is 134 cm³/mol. The minimum Gasteiger partial charge on any atom is -0.384 e. The number of sulfone groups is 1. The number of nitrogens with two attached hydrogens (primary N) is 1. The Hall–Kier alpha value is -2.93. The molecule has 0 aliphatic rings. The van der Waals surface area contributed by atoms with Gasteiger partial charge in [0.1, 0.15) is 16.2 Å². The zero-order chi connectivity index (χ0) is 23.6. The molecule has 174 valence electrons. The first kappa shape index (κ1) is 23.2. The maximum atomic E-state index is 13.8. The fourth-order valence-corrected chi connectivity index (χ4v) is 5.82. The number of hydrogen-bond acceptors (Lipinski definition) is 5. The molecule has 0 saturated heterocycles. The predicted octanol–water partition coefficient (Wildman–Crippen LogP) is 5.98. The summed E-state index contributed by atoms with van der Waals surface area (Å²) in [6, 6.07) is 12.7. The van der Waals surface area contributed by atoms with Gasteiger partial charge in [-0.25, -0.2) is 18.4 Å². The summed E-state index contributed by atoms with van der Waals surface area (Å²) in [7, 11) is -3.87. The summed E-state index contributed by atoms with van der Waals surface area (Å²) >= 11 is 0. The maximum Gasteiger partial charge on any atom is 0.212 e. The van der Waals surface area contributed by atoms with Crippen LogP contribution >= 0.6 is 0 Å². The van der Waals surface area contributed by atoms with Gasteiger partial charge in [-0.15, -0.1) is 0 Å². The number of para-hydroxylation sites is 2. The van der Waals surface area contributed by atoms with Crippen LogP contribution in [-0.4, -0.2) is 23.0 Å². The first-order chi connectivity index (χ1) is 15.8. The number of fused-ring (bicyclic) bond motifs is 2. The van der Waals surface area contributed by atoms with Crippen LogP contribution in [0.4, 0.5) is 5.82 Å². The average molecular weight is 465 g/mol. The monoisotopic (exact) mass is 464 g/mol. The number of nitrogen functional groups attached to an aromatic ring is 1. The third-order valence-corrected chi connectivity index (χ3v) is 8.15. The van der Waals surface area contributed by atoms with Crippen LogP contribution in [0.2, 0.25) is 0 Å². The van der Waals surface area contributed by atoms with E-state index in [2.05, 4.69) is 6.92 Å². The smallest absolute Gasteiger partial charge is 0.212 e. The lowest BCUT2D eigenvalue weighted by Crippen LogP contribution is -2.09. The molecule has 0 spiro atoms. The molecule has 2 N–H and O–H groups in total. The fourth-order valence-electron chi connectivity index (χ4n) is 4.23. The molecule has 0 unspecified atom stereocenters. The zero-order valence-corrected chi connectivity index (χ0v) is 20.5. The molecular formula is C26H32N4O2S. The number of aromatic nitrogens is 3. The third kappa shape index (κ3) is 4.47. The second-order valence-electron chi connectivity index (χ2n) is 8.77. The molecule has 6 nitrogen and oxygen atoms in total. The highest BCUT2D eigenvalue weighted by atomic mass is 32.2. The van der Waals surface area contributed by atoms with Gasteiger partial charge in [0.25, 0.3) is 0 Å². The molecule has 0 fully saturated rings. The van der Waals surface area contributed by atoms with Gasteiger partial charge in [0, 0.05) is 6.54 Å². The van der Waals surface area contributed by atoms with E-state index < -0.39 is 9.84 Å². The van der Waals surface area contributed by atoms with Gasteiger partial charge in [0.15, 0.2) is 5.65 Å². The molecule has 0 atom stereocenters. The van der Waals surface area contributed by atoms with Gasteiger partial charge in [0.2, 0.25) is 9.84 Å². The highest BCUT2D eigenvalue weighted by Gasteiger charge is 2.30. The number of anilines is 1. The molecule has 0 amide bonds. The number of rotatable bonds is 9. The van der Waals surface area contributed by atoms with Crippen molar-refractivity contribution in [3.8, 4) is 0 Å². The van der Waals surface area contributed by atoms with Crippen molar-refractivity contribution in [2.45, 2.75) is 75.6 Å². The molecule has 0 aliphatic heterocycles. The number of benzene rings is 2. The van der Waals surface area contributed by atoms with Crippen LogP contribution in [0.15, 0.2) is 52.3 Å². The van der Waals surface area contributed by atoms with Gasteiger partial charge in [-0.05, 0) is 55.7 Å². The Morgan fingerprint density at radius 1 is 0.879 bits per heavy atom. The molecule has 2 aromatic heterocycles. The fraction of sp³-hybridized carbons (Fsp3) is 0.385. The lowest BCUT2D eigenvalue weighted by Gasteiger charge is -2.09. The van der Waals surface area contributed by atoms with E-state index in [-0.39, 0.29) is 15.6 Å².